The molecule has 1 aromatic heterocycles. The van der Waals surface area contributed by atoms with Gasteiger partial charge in [-0.3, -0.25) is 0 Å². The molecule has 0 saturated carbocycles. The molecular formula is C15H25NO4S. The fourth-order valence-corrected chi connectivity index (χ4v) is 4.88. The molecule has 1 aliphatic rings. The van der Waals surface area contributed by atoms with E-state index in [-0.39, 0.29) is 16.9 Å². The standard InChI is InChI=1S/C15H25NO4S/c1-11-13(10-17)14(12(2)20-11)21(18,19)16-8-5-6-15(3,4)7-9-16/h17H,5-10H2,1-4H3. The highest BCUT2D eigenvalue weighted by Gasteiger charge is 2.34. The lowest BCUT2D eigenvalue weighted by molar-refractivity contribution is 0.276. The minimum atomic E-state index is -3.61. The Kier molecular flexibility index (Phi) is 4.52. The van der Waals surface area contributed by atoms with Crippen LogP contribution in [0.3, 0.4) is 0 Å². The van der Waals surface area contributed by atoms with Crippen molar-refractivity contribution < 1.29 is 17.9 Å². The highest BCUT2D eigenvalue weighted by molar-refractivity contribution is 7.89. The summed E-state index contributed by atoms with van der Waals surface area (Å²) in [6.45, 7) is 8.40. The highest BCUT2D eigenvalue weighted by atomic mass is 32.2. The monoisotopic (exact) mass is 315 g/mol. The van der Waals surface area contributed by atoms with Crippen LogP contribution in [0.15, 0.2) is 9.31 Å². The lowest BCUT2D eigenvalue weighted by Crippen LogP contribution is -2.33. The summed E-state index contributed by atoms with van der Waals surface area (Å²) < 4.78 is 32.8. The van der Waals surface area contributed by atoms with Crippen LogP contribution in [0.25, 0.3) is 0 Å². The normalized spacial score (nSPS) is 20.4. The van der Waals surface area contributed by atoms with Gasteiger partial charge in [0.05, 0.1) is 6.61 Å². The number of nitrogens with zero attached hydrogens (tertiary/aromatic N) is 1. The maximum Gasteiger partial charge on any atom is 0.246 e. The van der Waals surface area contributed by atoms with Crippen LogP contribution in [0.4, 0.5) is 0 Å². The minimum Gasteiger partial charge on any atom is -0.465 e. The van der Waals surface area contributed by atoms with Crippen molar-refractivity contribution in [3.63, 3.8) is 0 Å². The summed E-state index contributed by atoms with van der Waals surface area (Å²) in [5, 5.41) is 9.47. The first-order valence-electron chi connectivity index (χ1n) is 7.39. The first kappa shape index (κ1) is 16.5. The third-order valence-corrected chi connectivity index (χ3v) is 6.47. The largest absolute Gasteiger partial charge is 0.465 e. The summed E-state index contributed by atoms with van der Waals surface area (Å²) in [7, 11) is -3.61. The Labute approximate surface area is 127 Å². The number of aliphatic hydroxyl groups is 1. The summed E-state index contributed by atoms with van der Waals surface area (Å²) >= 11 is 0. The Bertz CT molecular complexity index is 616. The van der Waals surface area contributed by atoms with Gasteiger partial charge in [-0.25, -0.2) is 8.42 Å². The van der Waals surface area contributed by atoms with Crippen molar-refractivity contribution in [1.29, 1.82) is 0 Å². The van der Waals surface area contributed by atoms with Gasteiger partial charge in [-0.1, -0.05) is 13.8 Å². The second kappa shape index (κ2) is 5.74. The van der Waals surface area contributed by atoms with Crippen molar-refractivity contribution in [2.24, 2.45) is 5.41 Å². The Morgan fingerprint density at radius 3 is 2.48 bits per heavy atom. The van der Waals surface area contributed by atoms with Gasteiger partial charge in [-0.05, 0) is 38.5 Å². The lowest BCUT2D eigenvalue weighted by atomic mass is 9.85. The number of aliphatic hydroxyl groups excluding tert-OH is 1. The van der Waals surface area contributed by atoms with Crippen molar-refractivity contribution in [3.8, 4) is 0 Å². The third-order valence-electron chi connectivity index (χ3n) is 4.38. The van der Waals surface area contributed by atoms with Gasteiger partial charge < -0.3 is 9.52 Å². The highest BCUT2D eigenvalue weighted by Crippen LogP contribution is 2.34. The van der Waals surface area contributed by atoms with Gasteiger partial charge in [0.15, 0.2) is 0 Å². The first-order chi connectivity index (χ1) is 9.69. The van der Waals surface area contributed by atoms with Crippen molar-refractivity contribution in [2.75, 3.05) is 13.1 Å². The van der Waals surface area contributed by atoms with E-state index in [4.69, 9.17) is 4.42 Å². The maximum atomic E-state index is 12.9. The molecular weight excluding hydrogens is 290 g/mol. The maximum absolute atomic E-state index is 12.9. The molecule has 0 aliphatic carbocycles. The predicted octanol–water partition coefficient (Wildman–Crippen LogP) is 2.59. The Hall–Kier alpha value is -0.850. The molecule has 5 nitrogen and oxygen atoms in total. The Morgan fingerprint density at radius 1 is 1.19 bits per heavy atom. The van der Waals surface area contributed by atoms with Crippen LogP contribution >= 0.6 is 0 Å². The van der Waals surface area contributed by atoms with Gasteiger partial charge in [-0.15, -0.1) is 0 Å². The molecule has 1 N–H and O–H groups in total. The molecule has 0 bridgehead atoms. The van der Waals surface area contributed by atoms with E-state index >= 15 is 0 Å². The Morgan fingerprint density at radius 2 is 1.86 bits per heavy atom. The van der Waals surface area contributed by atoms with Crippen LogP contribution < -0.4 is 0 Å². The fraction of sp³-hybridized carbons (Fsp3) is 0.733. The third kappa shape index (κ3) is 3.17. The summed E-state index contributed by atoms with van der Waals surface area (Å²) in [4.78, 5) is 0.155. The molecule has 0 amide bonds. The molecule has 2 rings (SSSR count). The van der Waals surface area contributed by atoms with E-state index < -0.39 is 10.0 Å². The fourth-order valence-electron chi connectivity index (χ4n) is 3.00. The zero-order valence-electron chi connectivity index (χ0n) is 13.3. The number of hydrogen-bond acceptors (Lipinski definition) is 4. The van der Waals surface area contributed by atoms with E-state index in [1.807, 2.05) is 0 Å². The van der Waals surface area contributed by atoms with Crippen LogP contribution in [-0.4, -0.2) is 30.9 Å². The Balaban J connectivity index is 2.39. The van der Waals surface area contributed by atoms with Gasteiger partial charge >= 0.3 is 0 Å². The SMILES string of the molecule is Cc1oc(C)c(S(=O)(=O)N2CCCC(C)(C)CC2)c1CO. The molecule has 0 atom stereocenters. The van der Waals surface area contributed by atoms with Crippen LogP contribution in [0.1, 0.15) is 50.2 Å². The average Bonchev–Trinajstić information content (AvgIpc) is 2.54. The lowest BCUT2D eigenvalue weighted by Gasteiger charge is -2.23. The van der Waals surface area contributed by atoms with Crippen molar-refractivity contribution in [2.45, 2.75) is 58.5 Å². The second-order valence-electron chi connectivity index (χ2n) is 6.60. The van der Waals surface area contributed by atoms with Crippen LogP contribution in [0, 0.1) is 19.3 Å². The molecule has 0 aromatic carbocycles. The zero-order chi connectivity index (χ0) is 15.8. The topological polar surface area (TPSA) is 70.8 Å². The second-order valence-corrected chi connectivity index (χ2v) is 8.48. The summed E-state index contributed by atoms with van der Waals surface area (Å²) in [6.07, 6.45) is 2.72. The number of sulfonamides is 1. The van der Waals surface area contributed by atoms with Gasteiger partial charge in [0.25, 0.3) is 0 Å². The molecule has 21 heavy (non-hydrogen) atoms. The van der Waals surface area contributed by atoms with Gasteiger partial charge in [0, 0.05) is 18.7 Å². The first-order valence-corrected chi connectivity index (χ1v) is 8.83. The molecule has 0 spiro atoms. The number of aryl methyl sites for hydroxylation is 2. The van der Waals surface area contributed by atoms with Crippen molar-refractivity contribution in [3.05, 3.63) is 17.1 Å². The molecule has 120 valence electrons. The molecule has 0 unspecified atom stereocenters. The summed E-state index contributed by atoms with van der Waals surface area (Å²) in [6, 6.07) is 0. The zero-order valence-corrected chi connectivity index (χ0v) is 14.1. The van der Waals surface area contributed by atoms with Gasteiger partial charge in [0.1, 0.15) is 16.4 Å². The van der Waals surface area contributed by atoms with E-state index in [1.54, 1.807) is 13.8 Å². The van der Waals surface area contributed by atoms with Crippen LogP contribution in [0.5, 0.6) is 0 Å². The molecule has 6 heteroatoms. The molecule has 2 heterocycles. The molecule has 0 radical (unpaired) electrons. The van der Waals surface area contributed by atoms with Crippen LogP contribution in [-0.2, 0) is 16.6 Å². The summed E-state index contributed by atoms with van der Waals surface area (Å²) in [5.41, 5.74) is 0.557. The van der Waals surface area contributed by atoms with E-state index in [9.17, 15) is 13.5 Å². The molecule has 1 aromatic rings. The molecule has 1 fully saturated rings. The predicted molar refractivity (Wildman–Crippen MR) is 80.5 cm³/mol. The van der Waals surface area contributed by atoms with Gasteiger partial charge in [0.2, 0.25) is 10.0 Å². The quantitative estimate of drug-likeness (QED) is 0.930. The van der Waals surface area contributed by atoms with Gasteiger partial charge in [-0.2, -0.15) is 4.31 Å². The average molecular weight is 315 g/mol. The minimum absolute atomic E-state index is 0.155. The van der Waals surface area contributed by atoms with E-state index in [2.05, 4.69) is 13.8 Å². The van der Waals surface area contributed by atoms with Crippen molar-refractivity contribution >= 4 is 10.0 Å². The number of furan rings is 1. The van der Waals surface area contributed by atoms with Crippen molar-refractivity contribution in [1.82, 2.24) is 4.31 Å². The number of hydrogen-bond donors (Lipinski definition) is 1. The smallest absolute Gasteiger partial charge is 0.246 e. The van der Waals surface area contributed by atoms with E-state index in [1.165, 1.54) is 4.31 Å². The molecule has 1 saturated heterocycles. The van der Waals surface area contributed by atoms with E-state index in [0.29, 0.717) is 30.2 Å². The summed E-state index contributed by atoms with van der Waals surface area (Å²) in [5.74, 6) is 0.837. The van der Waals surface area contributed by atoms with E-state index in [0.717, 1.165) is 19.3 Å². The molecule has 1 aliphatic heterocycles. The van der Waals surface area contributed by atoms with Crippen LogP contribution in [0.2, 0.25) is 0 Å². The number of rotatable bonds is 3.